The molecule has 0 aromatic carbocycles. The van der Waals surface area contributed by atoms with Crippen LogP contribution in [0.4, 0.5) is 0 Å². The van der Waals surface area contributed by atoms with Gasteiger partial charge in [-0.1, -0.05) is 74.8 Å². The number of allylic oxidation sites excluding steroid dienone is 8. The van der Waals surface area contributed by atoms with Gasteiger partial charge in [-0.3, -0.25) is 4.79 Å². The number of hydrogen-bond acceptors (Lipinski definition) is 1. The van der Waals surface area contributed by atoms with Gasteiger partial charge in [0.1, 0.15) is 0 Å². The third kappa shape index (κ3) is 20.4. The van der Waals surface area contributed by atoms with Crippen LogP contribution in [0.15, 0.2) is 48.6 Å². The van der Waals surface area contributed by atoms with Gasteiger partial charge >= 0.3 is 5.97 Å². The third-order valence-electron chi connectivity index (χ3n) is 3.72. The van der Waals surface area contributed by atoms with Crippen LogP contribution in [-0.2, 0) is 4.79 Å². The molecule has 0 spiro atoms. The van der Waals surface area contributed by atoms with Gasteiger partial charge in [-0.2, -0.15) is 0 Å². The maximum Gasteiger partial charge on any atom is 0.303 e. The first-order valence-corrected chi connectivity index (χ1v) is 9.59. The lowest BCUT2D eigenvalue weighted by atomic mass is 10.1. The Balaban J connectivity index is 3.37. The highest BCUT2D eigenvalue weighted by atomic mass is 16.4. The smallest absolute Gasteiger partial charge is 0.303 e. The van der Waals surface area contributed by atoms with E-state index in [9.17, 15) is 4.79 Å². The predicted octanol–water partition coefficient (Wildman–Crippen LogP) is 7.00. The van der Waals surface area contributed by atoms with Crippen molar-refractivity contribution in [3.8, 4) is 0 Å². The van der Waals surface area contributed by atoms with Crippen molar-refractivity contribution < 1.29 is 9.90 Å². The molecule has 0 amide bonds. The predicted molar refractivity (Wildman–Crippen MR) is 105 cm³/mol. The van der Waals surface area contributed by atoms with Gasteiger partial charge in [0.25, 0.3) is 0 Å². The van der Waals surface area contributed by atoms with E-state index in [4.69, 9.17) is 5.11 Å². The van der Waals surface area contributed by atoms with Crippen LogP contribution in [0.1, 0.15) is 84.0 Å². The lowest BCUT2D eigenvalue weighted by Gasteiger charge is -1.94. The third-order valence-corrected chi connectivity index (χ3v) is 3.72. The Bertz CT molecular complexity index is 389. The molecule has 2 nitrogen and oxygen atoms in total. The molecule has 0 aliphatic rings. The average molecular weight is 333 g/mol. The molecule has 0 unspecified atom stereocenters. The van der Waals surface area contributed by atoms with Crippen molar-refractivity contribution in [1.82, 2.24) is 0 Å². The Kier molecular flexibility index (Phi) is 18.2. The number of hydrogen-bond donors (Lipinski definition) is 1. The van der Waals surface area contributed by atoms with E-state index in [0.717, 1.165) is 44.9 Å². The van der Waals surface area contributed by atoms with Crippen LogP contribution in [0.2, 0.25) is 0 Å². The maximum atomic E-state index is 10.4. The van der Waals surface area contributed by atoms with Crippen LogP contribution < -0.4 is 0 Å². The first kappa shape index (κ1) is 22.4. The van der Waals surface area contributed by atoms with Crippen LogP contribution in [0, 0.1) is 0 Å². The Morgan fingerprint density at radius 3 is 1.58 bits per heavy atom. The van der Waals surface area contributed by atoms with E-state index >= 15 is 0 Å². The molecule has 0 radical (unpaired) electrons. The molecule has 0 bridgehead atoms. The highest BCUT2D eigenvalue weighted by Crippen LogP contribution is 2.04. The number of rotatable bonds is 16. The van der Waals surface area contributed by atoms with E-state index in [2.05, 4.69) is 55.5 Å². The van der Waals surface area contributed by atoms with Gasteiger partial charge in [-0.05, 0) is 51.4 Å². The zero-order valence-corrected chi connectivity index (χ0v) is 15.5. The van der Waals surface area contributed by atoms with Gasteiger partial charge in [-0.25, -0.2) is 0 Å². The average Bonchev–Trinajstić information content (AvgIpc) is 2.56. The summed E-state index contributed by atoms with van der Waals surface area (Å²) in [5.74, 6) is -0.687. The summed E-state index contributed by atoms with van der Waals surface area (Å²) in [4.78, 5) is 10.4. The number of carbonyl (C=O) groups is 1. The van der Waals surface area contributed by atoms with E-state index < -0.39 is 5.97 Å². The molecule has 0 aromatic rings. The molecule has 136 valence electrons. The standard InChI is InChI=1S/C22H36O2/c1-2-3-4-5-6-7-8-9-10-11-12-13-14-15-16-17-18-19-20-21-22(23)24/h6-7,9-10,12-13,15-16H,2-5,8,11,14,17-21H2,1H3,(H,23,24)/b7-6-,10-9-,13-12-,16-15+. The van der Waals surface area contributed by atoms with Crippen LogP contribution in [-0.4, -0.2) is 11.1 Å². The van der Waals surface area contributed by atoms with Crippen molar-refractivity contribution >= 4 is 5.97 Å². The lowest BCUT2D eigenvalue weighted by molar-refractivity contribution is -0.137. The van der Waals surface area contributed by atoms with Crippen LogP contribution in [0.5, 0.6) is 0 Å². The molecule has 0 aliphatic heterocycles. The van der Waals surface area contributed by atoms with E-state index in [-0.39, 0.29) is 0 Å². The normalized spacial score (nSPS) is 12.4. The molecular formula is C22H36O2. The monoisotopic (exact) mass is 332 g/mol. The van der Waals surface area contributed by atoms with Crippen molar-refractivity contribution in [2.45, 2.75) is 84.0 Å². The molecule has 0 atom stereocenters. The Morgan fingerprint density at radius 2 is 1.12 bits per heavy atom. The molecule has 24 heavy (non-hydrogen) atoms. The molecule has 0 fully saturated rings. The minimum Gasteiger partial charge on any atom is -0.481 e. The van der Waals surface area contributed by atoms with Gasteiger partial charge in [0.05, 0.1) is 0 Å². The van der Waals surface area contributed by atoms with E-state index in [0.29, 0.717) is 6.42 Å². The van der Waals surface area contributed by atoms with Gasteiger partial charge in [-0.15, -0.1) is 0 Å². The molecule has 1 N–H and O–H groups in total. The second-order valence-corrected chi connectivity index (χ2v) is 6.08. The van der Waals surface area contributed by atoms with Crippen LogP contribution >= 0.6 is 0 Å². The number of carboxylic acids is 1. The Labute approximate surface area is 149 Å². The first-order chi connectivity index (χ1) is 11.8. The largest absolute Gasteiger partial charge is 0.481 e. The number of aliphatic carboxylic acids is 1. The van der Waals surface area contributed by atoms with Crippen molar-refractivity contribution in [2.24, 2.45) is 0 Å². The summed E-state index contributed by atoms with van der Waals surface area (Å²) in [6.45, 7) is 2.24. The zero-order chi connectivity index (χ0) is 17.7. The van der Waals surface area contributed by atoms with Crippen molar-refractivity contribution in [1.29, 1.82) is 0 Å². The van der Waals surface area contributed by atoms with Crippen LogP contribution in [0.25, 0.3) is 0 Å². The highest BCUT2D eigenvalue weighted by Gasteiger charge is 1.94. The SMILES string of the molecule is CCCCC/C=C\C/C=C\C/C=C\C/C=C/CCCCCC(=O)O. The van der Waals surface area contributed by atoms with Crippen molar-refractivity contribution in [2.75, 3.05) is 0 Å². The summed E-state index contributed by atoms with van der Waals surface area (Å²) in [6.07, 6.45) is 30.2. The quantitative estimate of drug-likeness (QED) is 0.244. The lowest BCUT2D eigenvalue weighted by Crippen LogP contribution is -1.93. The fourth-order valence-electron chi connectivity index (χ4n) is 2.28. The molecule has 2 heteroatoms. The summed E-state index contributed by atoms with van der Waals surface area (Å²) in [5.41, 5.74) is 0. The summed E-state index contributed by atoms with van der Waals surface area (Å²) in [6, 6.07) is 0. The Morgan fingerprint density at radius 1 is 0.667 bits per heavy atom. The molecular weight excluding hydrogens is 296 g/mol. The molecule has 0 saturated carbocycles. The molecule has 0 heterocycles. The Hall–Kier alpha value is -1.57. The second kappa shape index (κ2) is 19.5. The second-order valence-electron chi connectivity index (χ2n) is 6.08. The van der Waals surface area contributed by atoms with Gasteiger partial charge in [0.15, 0.2) is 0 Å². The van der Waals surface area contributed by atoms with Crippen molar-refractivity contribution in [3.63, 3.8) is 0 Å². The maximum absolute atomic E-state index is 10.4. The first-order valence-electron chi connectivity index (χ1n) is 9.59. The summed E-state index contributed by atoms with van der Waals surface area (Å²) in [7, 11) is 0. The molecule has 0 saturated heterocycles. The van der Waals surface area contributed by atoms with Gasteiger partial charge in [0, 0.05) is 6.42 Å². The molecule has 0 aliphatic carbocycles. The van der Waals surface area contributed by atoms with Gasteiger partial charge < -0.3 is 5.11 Å². The number of carboxylic acid groups (broad SMARTS) is 1. The fraction of sp³-hybridized carbons (Fsp3) is 0.591. The number of unbranched alkanes of at least 4 members (excludes halogenated alkanes) is 6. The van der Waals surface area contributed by atoms with E-state index in [1.807, 2.05) is 0 Å². The molecule has 0 rings (SSSR count). The summed E-state index contributed by atoms with van der Waals surface area (Å²) in [5, 5.41) is 8.53. The highest BCUT2D eigenvalue weighted by molar-refractivity contribution is 5.66. The summed E-state index contributed by atoms with van der Waals surface area (Å²) < 4.78 is 0. The van der Waals surface area contributed by atoms with E-state index in [1.54, 1.807) is 0 Å². The molecule has 0 aromatic heterocycles. The minimum atomic E-state index is -0.687. The van der Waals surface area contributed by atoms with Crippen LogP contribution in [0.3, 0.4) is 0 Å². The summed E-state index contributed by atoms with van der Waals surface area (Å²) >= 11 is 0. The minimum absolute atomic E-state index is 0.300. The van der Waals surface area contributed by atoms with Crippen molar-refractivity contribution in [3.05, 3.63) is 48.6 Å². The topological polar surface area (TPSA) is 37.3 Å². The van der Waals surface area contributed by atoms with Gasteiger partial charge in [0.2, 0.25) is 0 Å². The zero-order valence-electron chi connectivity index (χ0n) is 15.5. The van der Waals surface area contributed by atoms with E-state index in [1.165, 1.54) is 25.7 Å². The fourth-order valence-corrected chi connectivity index (χ4v) is 2.28.